The molecule has 2 heterocycles. The molecule has 0 fully saturated rings. The van der Waals surface area contributed by atoms with Crippen molar-refractivity contribution in [3.05, 3.63) is 79.5 Å². The van der Waals surface area contributed by atoms with Crippen LogP contribution in [-0.4, -0.2) is 47.3 Å². The van der Waals surface area contributed by atoms with E-state index in [0.29, 0.717) is 10.0 Å². The zero-order valence-corrected chi connectivity index (χ0v) is 23.2. The van der Waals surface area contributed by atoms with Gasteiger partial charge in [0.25, 0.3) is 0 Å². The SMILES string of the molecule is C.O=S1(=O)C=C[C@@H](S(=O)(=O)c2ccc(Cl)c(Cl)c2)C1.O=S1(=O)C=C[C@@H](Sc2ccc(Cl)c(Cl)c2)C1. The molecule has 192 valence electrons. The maximum Gasteiger partial charge on any atom is 0.185 e. The molecule has 6 nitrogen and oxygen atoms in total. The van der Waals surface area contributed by atoms with Crippen molar-refractivity contribution in [1.82, 2.24) is 0 Å². The van der Waals surface area contributed by atoms with E-state index in [-0.39, 0.29) is 33.4 Å². The minimum Gasteiger partial charge on any atom is -0.224 e. The molecule has 35 heavy (non-hydrogen) atoms. The van der Waals surface area contributed by atoms with E-state index in [1.54, 1.807) is 18.2 Å². The number of hydrogen-bond donors (Lipinski definition) is 0. The number of thioether (sulfide) groups is 1. The Morgan fingerprint density at radius 2 is 1.29 bits per heavy atom. The van der Waals surface area contributed by atoms with E-state index in [1.165, 1.54) is 41.4 Å². The largest absolute Gasteiger partial charge is 0.224 e. The molecular weight excluding hydrogens is 618 g/mol. The van der Waals surface area contributed by atoms with Crippen LogP contribution in [0.3, 0.4) is 0 Å². The molecule has 0 saturated heterocycles. The molecule has 2 aliphatic rings. The summed E-state index contributed by atoms with van der Waals surface area (Å²) in [7, 11) is -10.2. The number of halogens is 4. The maximum atomic E-state index is 12.2. The van der Waals surface area contributed by atoms with Gasteiger partial charge in [0, 0.05) is 21.0 Å². The highest BCUT2D eigenvalue weighted by molar-refractivity contribution is 8.02. The standard InChI is InChI=1S/C10H8Cl2O4S2.C10H8Cl2O2S2.CH4/c11-9-2-1-7(5-10(9)12)18(15,16)8-3-4-17(13,14)6-8;11-9-2-1-7(5-10(9)12)15-8-3-4-16(13,14)6-8;/h1-5,8H,6H2;1-5,8H,6H2;1H4/t2*8-;/m11./s1. The Kier molecular flexibility index (Phi) is 10.3. The van der Waals surface area contributed by atoms with Gasteiger partial charge in [-0.05, 0) is 36.4 Å². The van der Waals surface area contributed by atoms with E-state index in [0.717, 1.165) is 10.3 Å². The van der Waals surface area contributed by atoms with Gasteiger partial charge in [-0.25, -0.2) is 25.3 Å². The summed E-state index contributed by atoms with van der Waals surface area (Å²) in [5.74, 6) is -0.284. The van der Waals surface area contributed by atoms with E-state index in [1.807, 2.05) is 6.07 Å². The minimum absolute atomic E-state index is 0. The fourth-order valence-corrected chi connectivity index (χ4v) is 10.2. The first-order valence-electron chi connectivity index (χ1n) is 9.31. The van der Waals surface area contributed by atoms with Crippen LogP contribution in [0.2, 0.25) is 20.1 Å². The molecule has 4 rings (SSSR count). The van der Waals surface area contributed by atoms with Crippen LogP contribution in [0.15, 0.2) is 69.2 Å². The molecule has 0 amide bonds. The van der Waals surface area contributed by atoms with Crippen molar-refractivity contribution in [2.75, 3.05) is 11.5 Å². The van der Waals surface area contributed by atoms with Gasteiger partial charge in [0.05, 0.1) is 41.7 Å². The van der Waals surface area contributed by atoms with Gasteiger partial charge in [0.15, 0.2) is 29.5 Å². The van der Waals surface area contributed by atoms with Gasteiger partial charge in [0.2, 0.25) is 0 Å². The zero-order chi connectivity index (χ0) is 25.3. The lowest BCUT2D eigenvalue weighted by Crippen LogP contribution is -2.22. The zero-order valence-electron chi connectivity index (χ0n) is 16.9. The number of sulfone groups is 3. The van der Waals surface area contributed by atoms with Crippen LogP contribution in [0.4, 0.5) is 0 Å². The van der Waals surface area contributed by atoms with Crippen molar-refractivity contribution < 1.29 is 25.3 Å². The smallest absolute Gasteiger partial charge is 0.185 e. The van der Waals surface area contributed by atoms with Gasteiger partial charge < -0.3 is 0 Å². The molecule has 0 unspecified atom stereocenters. The number of benzene rings is 2. The average molecular weight is 638 g/mol. The summed E-state index contributed by atoms with van der Waals surface area (Å²) < 4.78 is 69.2. The van der Waals surface area contributed by atoms with Gasteiger partial charge in [-0.2, -0.15) is 0 Å². The average Bonchev–Trinajstić information content (AvgIpc) is 3.28. The predicted octanol–water partition coefficient (Wildman–Crippen LogP) is 6.11. The highest BCUT2D eigenvalue weighted by atomic mass is 35.5. The number of hydrogen-bond acceptors (Lipinski definition) is 7. The highest BCUT2D eigenvalue weighted by Gasteiger charge is 2.34. The van der Waals surface area contributed by atoms with Crippen molar-refractivity contribution in [2.24, 2.45) is 0 Å². The van der Waals surface area contributed by atoms with Crippen LogP contribution in [0, 0.1) is 0 Å². The lowest BCUT2D eigenvalue weighted by atomic mass is 10.4. The first kappa shape index (κ1) is 30.5. The van der Waals surface area contributed by atoms with E-state index in [2.05, 4.69) is 0 Å². The highest BCUT2D eigenvalue weighted by Crippen LogP contribution is 2.33. The predicted molar refractivity (Wildman–Crippen MR) is 146 cm³/mol. The Bertz CT molecular complexity index is 1480. The Hall–Kier alpha value is -0.720. The molecule has 0 aromatic heterocycles. The fourth-order valence-electron chi connectivity index (χ4n) is 2.91. The third kappa shape index (κ3) is 8.13. The summed E-state index contributed by atoms with van der Waals surface area (Å²) in [6, 6.07) is 9.18. The van der Waals surface area contributed by atoms with Crippen molar-refractivity contribution in [2.45, 2.75) is 27.7 Å². The second-order valence-electron chi connectivity index (χ2n) is 7.21. The Morgan fingerprint density at radius 3 is 1.77 bits per heavy atom. The second kappa shape index (κ2) is 11.8. The van der Waals surface area contributed by atoms with E-state index >= 15 is 0 Å². The lowest BCUT2D eigenvalue weighted by molar-refractivity contribution is 0.587. The first-order chi connectivity index (χ1) is 15.7. The van der Waals surface area contributed by atoms with Gasteiger partial charge >= 0.3 is 0 Å². The van der Waals surface area contributed by atoms with E-state index in [4.69, 9.17) is 46.4 Å². The normalized spacial score (nSPS) is 21.7. The van der Waals surface area contributed by atoms with Gasteiger partial charge in [0.1, 0.15) is 0 Å². The molecule has 0 saturated carbocycles. The lowest BCUT2D eigenvalue weighted by Gasteiger charge is -2.09. The molecule has 0 radical (unpaired) electrons. The molecule has 2 aliphatic heterocycles. The second-order valence-corrected chi connectivity index (χ2v) is 16.2. The molecule has 2 atom stereocenters. The van der Waals surface area contributed by atoms with E-state index in [9.17, 15) is 25.3 Å². The van der Waals surface area contributed by atoms with Crippen LogP contribution in [-0.2, 0) is 29.5 Å². The summed E-state index contributed by atoms with van der Waals surface area (Å²) in [5, 5.41) is 2.42. The quantitative estimate of drug-likeness (QED) is 0.398. The van der Waals surface area contributed by atoms with Crippen molar-refractivity contribution >= 4 is 87.7 Å². The molecule has 2 aromatic rings. The molecule has 0 N–H and O–H groups in total. The maximum absolute atomic E-state index is 12.2. The molecule has 14 heteroatoms. The van der Waals surface area contributed by atoms with Crippen LogP contribution in [0.5, 0.6) is 0 Å². The van der Waals surface area contributed by atoms with Gasteiger partial charge in [-0.1, -0.05) is 66.0 Å². The summed E-state index contributed by atoms with van der Waals surface area (Å²) in [6.45, 7) is 0. The van der Waals surface area contributed by atoms with Gasteiger partial charge in [-0.3, -0.25) is 0 Å². The summed E-state index contributed by atoms with van der Waals surface area (Å²) in [5.41, 5.74) is 0. The van der Waals surface area contributed by atoms with Gasteiger partial charge in [-0.15, -0.1) is 11.8 Å². The Labute approximate surface area is 230 Å². The third-order valence-electron chi connectivity index (χ3n) is 4.59. The molecule has 2 aromatic carbocycles. The molecule has 0 aliphatic carbocycles. The Balaban J connectivity index is 0.000000241. The van der Waals surface area contributed by atoms with Crippen molar-refractivity contribution in [1.29, 1.82) is 0 Å². The molecular formula is C21H20Cl4O6S4. The van der Waals surface area contributed by atoms with Crippen LogP contribution < -0.4 is 0 Å². The number of rotatable bonds is 4. The molecule has 0 bridgehead atoms. The fraction of sp³-hybridized carbons (Fsp3) is 0.238. The van der Waals surface area contributed by atoms with Crippen LogP contribution in [0.25, 0.3) is 0 Å². The molecule has 0 spiro atoms. The monoisotopic (exact) mass is 636 g/mol. The van der Waals surface area contributed by atoms with Crippen LogP contribution >= 0.6 is 58.2 Å². The summed E-state index contributed by atoms with van der Waals surface area (Å²) in [6.07, 6.45) is 2.87. The Morgan fingerprint density at radius 1 is 0.743 bits per heavy atom. The third-order valence-corrected chi connectivity index (χ3v) is 12.5. The summed E-state index contributed by atoms with van der Waals surface area (Å²) >= 11 is 24.6. The van der Waals surface area contributed by atoms with Crippen molar-refractivity contribution in [3.63, 3.8) is 0 Å². The van der Waals surface area contributed by atoms with E-state index < -0.39 is 40.5 Å². The van der Waals surface area contributed by atoms with Crippen molar-refractivity contribution in [3.8, 4) is 0 Å². The minimum atomic E-state index is -3.76. The summed E-state index contributed by atoms with van der Waals surface area (Å²) in [4.78, 5) is 0.879. The topological polar surface area (TPSA) is 102 Å². The first-order valence-corrected chi connectivity index (χ1v) is 16.7. The van der Waals surface area contributed by atoms with Crippen LogP contribution in [0.1, 0.15) is 7.43 Å².